The summed E-state index contributed by atoms with van der Waals surface area (Å²) in [5, 5.41) is 13.5. The number of phenols is 1. The Morgan fingerprint density at radius 3 is 2.15 bits per heavy atom. The summed E-state index contributed by atoms with van der Waals surface area (Å²) in [6.07, 6.45) is 1.17. The monoisotopic (exact) mass is 278 g/mol. The van der Waals surface area contributed by atoms with E-state index in [-0.39, 0.29) is 0 Å². The average molecular weight is 278 g/mol. The Kier molecular flexibility index (Phi) is 6.50. The summed E-state index contributed by atoms with van der Waals surface area (Å²) in [4.78, 5) is 2.23. The second-order valence-electron chi connectivity index (χ2n) is 6.55. The predicted octanol–water partition coefficient (Wildman–Crippen LogP) is 3.07. The number of likely N-dealkylation sites (N-methyl/N-ethyl adjacent to an activating group) is 1. The molecule has 0 saturated carbocycles. The summed E-state index contributed by atoms with van der Waals surface area (Å²) < 4.78 is 0. The standard InChI is InChI=1S/C17H30N2O/c1-12(2)7-16(11-19(5)6)18-10-15-8-13(3)17(20)14(4)9-15/h8-9,12,16,18,20H,7,10-11H2,1-6H3. The van der Waals surface area contributed by atoms with Gasteiger partial charge in [-0.2, -0.15) is 0 Å². The van der Waals surface area contributed by atoms with Crippen LogP contribution in [-0.4, -0.2) is 36.7 Å². The molecule has 0 aliphatic heterocycles. The lowest BCUT2D eigenvalue weighted by atomic mass is 10.0. The van der Waals surface area contributed by atoms with Crippen LogP contribution in [0.1, 0.15) is 37.0 Å². The molecule has 0 fully saturated rings. The third-order valence-corrected chi connectivity index (χ3v) is 3.49. The Morgan fingerprint density at radius 2 is 1.70 bits per heavy atom. The molecule has 0 aliphatic carbocycles. The highest BCUT2D eigenvalue weighted by Crippen LogP contribution is 2.23. The Morgan fingerprint density at radius 1 is 1.15 bits per heavy atom. The maximum atomic E-state index is 9.82. The largest absolute Gasteiger partial charge is 0.507 e. The van der Waals surface area contributed by atoms with Gasteiger partial charge in [-0.15, -0.1) is 0 Å². The van der Waals surface area contributed by atoms with Gasteiger partial charge in [-0.25, -0.2) is 0 Å². The summed E-state index contributed by atoms with van der Waals surface area (Å²) in [5.74, 6) is 1.11. The van der Waals surface area contributed by atoms with Gasteiger partial charge in [-0.3, -0.25) is 0 Å². The Balaban J connectivity index is 2.66. The number of hydrogen-bond donors (Lipinski definition) is 2. The lowest BCUT2D eigenvalue weighted by molar-refractivity contribution is 0.305. The van der Waals surface area contributed by atoms with Crippen LogP contribution in [0.4, 0.5) is 0 Å². The van der Waals surface area contributed by atoms with Crippen molar-refractivity contribution in [3.8, 4) is 5.75 Å². The van der Waals surface area contributed by atoms with E-state index in [0.717, 1.165) is 24.2 Å². The van der Waals surface area contributed by atoms with Crippen molar-refractivity contribution in [3.05, 3.63) is 28.8 Å². The molecule has 0 heterocycles. The zero-order valence-corrected chi connectivity index (χ0v) is 13.8. The van der Waals surface area contributed by atoms with E-state index in [4.69, 9.17) is 0 Å². The highest BCUT2D eigenvalue weighted by atomic mass is 16.3. The number of nitrogens with zero attached hydrogens (tertiary/aromatic N) is 1. The quantitative estimate of drug-likeness (QED) is 0.804. The third kappa shape index (κ3) is 5.51. The molecule has 0 spiro atoms. The van der Waals surface area contributed by atoms with E-state index in [1.807, 2.05) is 13.8 Å². The predicted molar refractivity (Wildman–Crippen MR) is 86.2 cm³/mol. The summed E-state index contributed by atoms with van der Waals surface area (Å²) >= 11 is 0. The first-order valence-electron chi connectivity index (χ1n) is 7.46. The molecule has 20 heavy (non-hydrogen) atoms. The van der Waals surface area contributed by atoms with Gasteiger partial charge in [0.05, 0.1) is 0 Å². The molecule has 3 heteroatoms. The molecule has 1 unspecified atom stereocenters. The van der Waals surface area contributed by atoms with Gasteiger partial charge in [-0.05, 0) is 57.0 Å². The fourth-order valence-corrected chi connectivity index (χ4v) is 2.64. The van der Waals surface area contributed by atoms with E-state index in [1.54, 1.807) is 0 Å². The fraction of sp³-hybridized carbons (Fsp3) is 0.647. The summed E-state index contributed by atoms with van der Waals surface area (Å²) in [6, 6.07) is 4.63. The number of phenolic OH excluding ortho intramolecular Hbond substituents is 1. The fourth-order valence-electron chi connectivity index (χ4n) is 2.64. The third-order valence-electron chi connectivity index (χ3n) is 3.49. The van der Waals surface area contributed by atoms with Gasteiger partial charge in [0, 0.05) is 19.1 Å². The highest BCUT2D eigenvalue weighted by molar-refractivity contribution is 5.42. The number of hydrogen-bond acceptors (Lipinski definition) is 3. The maximum absolute atomic E-state index is 9.82. The van der Waals surface area contributed by atoms with Crippen molar-refractivity contribution in [2.45, 2.75) is 46.7 Å². The molecule has 0 aromatic heterocycles. The van der Waals surface area contributed by atoms with Gasteiger partial charge in [-0.1, -0.05) is 26.0 Å². The first-order valence-corrected chi connectivity index (χ1v) is 7.46. The van der Waals surface area contributed by atoms with Crippen LogP contribution in [0, 0.1) is 19.8 Å². The first-order chi connectivity index (χ1) is 9.29. The van der Waals surface area contributed by atoms with Gasteiger partial charge < -0.3 is 15.3 Å². The van der Waals surface area contributed by atoms with Crippen LogP contribution >= 0.6 is 0 Å². The molecule has 3 nitrogen and oxygen atoms in total. The van der Waals surface area contributed by atoms with Gasteiger partial charge in [0.2, 0.25) is 0 Å². The minimum atomic E-state index is 0.417. The molecule has 0 aliphatic rings. The van der Waals surface area contributed by atoms with Gasteiger partial charge in [0.25, 0.3) is 0 Å². The molecule has 1 aromatic rings. The molecular formula is C17H30N2O. The second-order valence-corrected chi connectivity index (χ2v) is 6.55. The van der Waals surface area contributed by atoms with E-state index in [2.05, 4.69) is 50.3 Å². The number of rotatable bonds is 7. The average Bonchev–Trinajstić information content (AvgIpc) is 2.31. The SMILES string of the molecule is Cc1cc(CNC(CC(C)C)CN(C)C)cc(C)c1O. The van der Waals surface area contributed by atoms with Crippen molar-refractivity contribution in [1.29, 1.82) is 0 Å². The molecule has 1 rings (SSSR count). The van der Waals surface area contributed by atoms with Crippen LogP contribution in [-0.2, 0) is 6.54 Å². The summed E-state index contributed by atoms with van der Waals surface area (Å²) in [5.41, 5.74) is 3.15. The highest BCUT2D eigenvalue weighted by Gasteiger charge is 2.12. The summed E-state index contributed by atoms with van der Waals surface area (Å²) in [7, 11) is 4.23. The van der Waals surface area contributed by atoms with Crippen LogP contribution in [0.2, 0.25) is 0 Å². The molecule has 1 aromatic carbocycles. The molecule has 0 bridgehead atoms. The van der Waals surface area contributed by atoms with Crippen LogP contribution < -0.4 is 5.32 Å². The van der Waals surface area contributed by atoms with Crippen molar-refractivity contribution in [3.63, 3.8) is 0 Å². The lowest BCUT2D eigenvalue weighted by Gasteiger charge is -2.24. The zero-order chi connectivity index (χ0) is 15.3. The number of benzene rings is 1. The van der Waals surface area contributed by atoms with E-state index < -0.39 is 0 Å². The number of nitrogens with one attached hydrogen (secondary N) is 1. The Bertz CT molecular complexity index is 394. The Hall–Kier alpha value is -1.06. The van der Waals surface area contributed by atoms with Gasteiger partial charge in [0.1, 0.15) is 5.75 Å². The lowest BCUT2D eigenvalue weighted by Crippen LogP contribution is -2.38. The smallest absolute Gasteiger partial charge is 0.121 e. The molecular weight excluding hydrogens is 248 g/mol. The summed E-state index contributed by atoms with van der Waals surface area (Å²) in [6.45, 7) is 10.3. The Labute approximate surface area is 124 Å². The van der Waals surface area contributed by atoms with Crippen molar-refractivity contribution in [1.82, 2.24) is 10.2 Å². The number of aryl methyl sites for hydroxylation is 2. The van der Waals surface area contributed by atoms with Crippen LogP contribution in [0.25, 0.3) is 0 Å². The first kappa shape index (κ1) is 17.0. The zero-order valence-electron chi connectivity index (χ0n) is 13.8. The van der Waals surface area contributed by atoms with Gasteiger partial charge in [0.15, 0.2) is 0 Å². The van der Waals surface area contributed by atoms with Crippen LogP contribution in [0.15, 0.2) is 12.1 Å². The van der Waals surface area contributed by atoms with Crippen molar-refractivity contribution >= 4 is 0 Å². The maximum Gasteiger partial charge on any atom is 0.121 e. The second kappa shape index (κ2) is 7.65. The molecule has 2 N–H and O–H groups in total. The molecule has 114 valence electrons. The van der Waals surface area contributed by atoms with Gasteiger partial charge >= 0.3 is 0 Å². The van der Waals surface area contributed by atoms with E-state index >= 15 is 0 Å². The van der Waals surface area contributed by atoms with Crippen LogP contribution in [0.3, 0.4) is 0 Å². The topological polar surface area (TPSA) is 35.5 Å². The normalized spacial score (nSPS) is 13.2. The van der Waals surface area contributed by atoms with Crippen molar-refractivity contribution in [2.75, 3.05) is 20.6 Å². The minimum absolute atomic E-state index is 0.417. The molecule has 0 saturated heterocycles. The molecule has 0 radical (unpaired) electrons. The molecule has 1 atom stereocenters. The molecule has 0 amide bonds. The van der Waals surface area contributed by atoms with E-state index in [0.29, 0.717) is 17.7 Å². The van der Waals surface area contributed by atoms with E-state index in [9.17, 15) is 5.11 Å². The number of aromatic hydroxyl groups is 1. The minimum Gasteiger partial charge on any atom is -0.507 e. The van der Waals surface area contributed by atoms with E-state index in [1.165, 1.54) is 12.0 Å². The van der Waals surface area contributed by atoms with Crippen LogP contribution in [0.5, 0.6) is 5.75 Å². The van der Waals surface area contributed by atoms with Crippen molar-refractivity contribution < 1.29 is 5.11 Å². The van der Waals surface area contributed by atoms with Crippen molar-refractivity contribution in [2.24, 2.45) is 5.92 Å².